The summed E-state index contributed by atoms with van der Waals surface area (Å²) >= 11 is 0. The summed E-state index contributed by atoms with van der Waals surface area (Å²) < 4.78 is 25.1. The van der Waals surface area contributed by atoms with Crippen molar-refractivity contribution in [2.75, 3.05) is 0 Å². The Balaban J connectivity index is 1.65. The number of hydrogen-bond donors (Lipinski definition) is 1. The van der Waals surface area contributed by atoms with E-state index < -0.39 is 10.0 Å². The van der Waals surface area contributed by atoms with Gasteiger partial charge in [0.2, 0.25) is 10.0 Å². The Morgan fingerprint density at radius 1 is 0.774 bits per heavy atom. The van der Waals surface area contributed by atoms with Gasteiger partial charge >= 0.3 is 0 Å². The fraction of sp³-hybridized carbons (Fsp3) is 0. The molecular formula is C23H17N5O2S. The highest BCUT2D eigenvalue weighted by molar-refractivity contribution is 7.89. The molecule has 2 heterocycles. The van der Waals surface area contributed by atoms with E-state index in [1.165, 1.54) is 18.5 Å². The number of sulfonamides is 1. The summed E-state index contributed by atoms with van der Waals surface area (Å²) in [6, 6.07) is 24.5. The standard InChI is InChI=1S/C23H17N5O2S/c24-31(29,30)20-12-8-18(9-13-20)22-27-21-14-25-15-26-23(21)28(22)19-10-6-17(7-11-19)16-4-2-1-3-5-16/h1-15H,(H2,24,29,30). The second kappa shape index (κ2) is 7.42. The van der Waals surface area contributed by atoms with Crippen molar-refractivity contribution in [3.63, 3.8) is 0 Å². The smallest absolute Gasteiger partial charge is 0.238 e. The maximum absolute atomic E-state index is 11.6. The lowest BCUT2D eigenvalue weighted by Crippen LogP contribution is -2.11. The Morgan fingerprint density at radius 2 is 1.42 bits per heavy atom. The Hall–Kier alpha value is -3.88. The highest BCUT2D eigenvalue weighted by atomic mass is 32.2. The molecule has 2 N–H and O–H groups in total. The zero-order chi connectivity index (χ0) is 21.4. The zero-order valence-electron chi connectivity index (χ0n) is 16.3. The zero-order valence-corrected chi connectivity index (χ0v) is 17.1. The molecule has 0 atom stereocenters. The molecule has 0 aliphatic heterocycles. The topological polar surface area (TPSA) is 104 Å². The second-order valence-electron chi connectivity index (χ2n) is 6.98. The van der Waals surface area contributed by atoms with Crippen LogP contribution in [0, 0.1) is 0 Å². The van der Waals surface area contributed by atoms with Crippen molar-refractivity contribution in [2.24, 2.45) is 5.14 Å². The maximum Gasteiger partial charge on any atom is 0.238 e. The van der Waals surface area contributed by atoms with Gasteiger partial charge in [-0.3, -0.25) is 4.57 Å². The number of nitrogens with zero attached hydrogens (tertiary/aromatic N) is 4. The summed E-state index contributed by atoms with van der Waals surface area (Å²) in [6.45, 7) is 0. The molecule has 8 heteroatoms. The first-order chi connectivity index (χ1) is 15.0. The van der Waals surface area contributed by atoms with Crippen molar-refractivity contribution in [1.82, 2.24) is 19.5 Å². The normalized spacial score (nSPS) is 11.6. The van der Waals surface area contributed by atoms with E-state index in [4.69, 9.17) is 5.14 Å². The van der Waals surface area contributed by atoms with Gasteiger partial charge in [-0.25, -0.2) is 28.5 Å². The molecule has 152 valence electrons. The molecule has 5 aromatic rings. The third-order valence-electron chi connectivity index (χ3n) is 5.00. The van der Waals surface area contributed by atoms with E-state index in [9.17, 15) is 8.42 Å². The predicted octanol–water partition coefficient (Wildman–Crippen LogP) is 3.80. The maximum atomic E-state index is 11.6. The van der Waals surface area contributed by atoms with E-state index in [0.29, 0.717) is 17.0 Å². The number of benzene rings is 3. The Bertz CT molecular complexity index is 1480. The van der Waals surface area contributed by atoms with Crippen molar-refractivity contribution in [1.29, 1.82) is 0 Å². The fourth-order valence-electron chi connectivity index (χ4n) is 3.50. The first kappa shape index (κ1) is 19.1. The number of rotatable bonds is 4. The van der Waals surface area contributed by atoms with E-state index in [-0.39, 0.29) is 4.90 Å². The summed E-state index contributed by atoms with van der Waals surface area (Å²) in [6.07, 6.45) is 3.13. The Labute approximate surface area is 178 Å². The monoisotopic (exact) mass is 427 g/mol. The number of imidazole rings is 1. The number of nitrogens with two attached hydrogens (primary N) is 1. The highest BCUT2D eigenvalue weighted by Crippen LogP contribution is 2.29. The van der Waals surface area contributed by atoms with Crippen LogP contribution in [0.3, 0.4) is 0 Å². The van der Waals surface area contributed by atoms with Crippen LogP contribution < -0.4 is 5.14 Å². The van der Waals surface area contributed by atoms with Gasteiger partial charge in [-0.2, -0.15) is 0 Å². The molecular weight excluding hydrogens is 410 g/mol. The first-order valence-electron chi connectivity index (χ1n) is 9.48. The van der Waals surface area contributed by atoms with Crippen molar-refractivity contribution >= 4 is 21.2 Å². The first-order valence-corrected chi connectivity index (χ1v) is 11.0. The molecule has 0 amide bonds. The molecule has 0 bridgehead atoms. The summed E-state index contributed by atoms with van der Waals surface area (Å²) in [5, 5.41) is 5.22. The number of aromatic nitrogens is 4. The quantitative estimate of drug-likeness (QED) is 0.470. The molecule has 31 heavy (non-hydrogen) atoms. The summed E-state index contributed by atoms with van der Waals surface area (Å²) in [7, 11) is -3.77. The van der Waals surface area contributed by atoms with Gasteiger partial charge in [-0.05, 0) is 47.5 Å². The van der Waals surface area contributed by atoms with Gasteiger partial charge in [-0.15, -0.1) is 0 Å². The van der Waals surface area contributed by atoms with Crippen LogP contribution in [0.5, 0.6) is 0 Å². The lowest BCUT2D eigenvalue weighted by Gasteiger charge is -2.10. The van der Waals surface area contributed by atoms with Crippen LogP contribution in [0.25, 0.3) is 39.4 Å². The van der Waals surface area contributed by atoms with Gasteiger partial charge in [0.15, 0.2) is 5.65 Å². The van der Waals surface area contributed by atoms with Crippen LogP contribution >= 0.6 is 0 Å². The molecule has 0 radical (unpaired) electrons. The molecule has 0 spiro atoms. The van der Waals surface area contributed by atoms with Crippen LogP contribution in [0.1, 0.15) is 0 Å². The molecule has 0 saturated heterocycles. The van der Waals surface area contributed by atoms with Gasteiger partial charge in [0, 0.05) is 11.3 Å². The van der Waals surface area contributed by atoms with E-state index >= 15 is 0 Å². The van der Waals surface area contributed by atoms with Crippen LogP contribution in [-0.4, -0.2) is 27.9 Å². The van der Waals surface area contributed by atoms with E-state index in [2.05, 4.69) is 27.1 Å². The van der Waals surface area contributed by atoms with Crippen LogP contribution in [0.2, 0.25) is 0 Å². The third-order valence-corrected chi connectivity index (χ3v) is 5.93. The molecule has 2 aromatic heterocycles. The molecule has 0 aliphatic rings. The molecule has 0 saturated carbocycles. The summed E-state index contributed by atoms with van der Waals surface area (Å²) in [5.74, 6) is 0.629. The summed E-state index contributed by atoms with van der Waals surface area (Å²) in [4.78, 5) is 13.2. The van der Waals surface area contributed by atoms with Crippen molar-refractivity contribution in [2.45, 2.75) is 4.90 Å². The molecule has 5 rings (SSSR count). The average Bonchev–Trinajstić information content (AvgIpc) is 3.19. The number of primary sulfonamides is 1. The van der Waals surface area contributed by atoms with Gasteiger partial charge in [0.25, 0.3) is 0 Å². The fourth-order valence-corrected chi connectivity index (χ4v) is 4.01. The van der Waals surface area contributed by atoms with Crippen LogP contribution in [0.4, 0.5) is 0 Å². The highest BCUT2D eigenvalue weighted by Gasteiger charge is 2.16. The SMILES string of the molecule is NS(=O)(=O)c1ccc(-c2nc3cncnc3n2-c2ccc(-c3ccccc3)cc2)cc1. The summed E-state index contributed by atoms with van der Waals surface area (Å²) in [5.41, 5.74) is 5.14. The Morgan fingerprint density at radius 3 is 2.10 bits per heavy atom. The molecule has 3 aromatic carbocycles. The lowest BCUT2D eigenvalue weighted by molar-refractivity contribution is 0.598. The number of hydrogen-bond acceptors (Lipinski definition) is 5. The van der Waals surface area contributed by atoms with Gasteiger partial charge in [0.1, 0.15) is 17.7 Å². The minimum Gasteiger partial charge on any atom is -0.277 e. The van der Waals surface area contributed by atoms with Gasteiger partial charge < -0.3 is 0 Å². The van der Waals surface area contributed by atoms with E-state index in [1.807, 2.05) is 47.0 Å². The van der Waals surface area contributed by atoms with Crippen LogP contribution in [0.15, 0.2) is 96.3 Å². The molecule has 0 fully saturated rings. The average molecular weight is 427 g/mol. The minimum atomic E-state index is -3.77. The molecule has 7 nitrogen and oxygen atoms in total. The van der Waals surface area contributed by atoms with Crippen molar-refractivity contribution in [3.05, 3.63) is 91.4 Å². The van der Waals surface area contributed by atoms with E-state index in [1.54, 1.807) is 18.3 Å². The van der Waals surface area contributed by atoms with E-state index in [0.717, 1.165) is 22.4 Å². The minimum absolute atomic E-state index is 0.0471. The van der Waals surface area contributed by atoms with Crippen molar-refractivity contribution < 1.29 is 8.42 Å². The predicted molar refractivity (Wildman–Crippen MR) is 119 cm³/mol. The van der Waals surface area contributed by atoms with Crippen LogP contribution in [-0.2, 0) is 10.0 Å². The van der Waals surface area contributed by atoms with Crippen molar-refractivity contribution in [3.8, 4) is 28.2 Å². The third kappa shape index (κ3) is 3.58. The van der Waals surface area contributed by atoms with Gasteiger partial charge in [0.05, 0.1) is 11.1 Å². The van der Waals surface area contributed by atoms with Gasteiger partial charge in [-0.1, -0.05) is 42.5 Å². The molecule has 0 unspecified atom stereocenters. The largest absolute Gasteiger partial charge is 0.277 e. The second-order valence-corrected chi connectivity index (χ2v) is 8.55. The number of fused-ring (bicyclic) bond motifs is 1. The Kier molecular flexibility index (Phi) is 4.58. The molecule has 0 aliphatic carbocycles. The lowest BCUT2D eigenvalue weighted by atomic mass is 10.1.